The Morgan fingerprint density at radius 3 is 2.69 bits per heavy atom. The summed E-state index contributed by atoms with van der Waals surface area (Å²) in [5, 5.41) is 0. The maximum Gasteiger partial charge on any atom is 0.107 e. The van der Waals surface area contributed by atoms with Gasteiger partial charge in [-0.2, -0.15) is 0 Å². The Kier molecular flexibility index (Phi) is 5.06. The molecule has 1 aromatic carbocycles. The molecule has 0 aliphatic heterocycles. The summed E-state index contributed by atoms with van der Waals surface area (Å²) in [6, 6.07) is 6.16. The second-order valence-corrected chi connectivity index (χ2v) is 4.69. The number of hydrogen-bond donors (Lipinski definition) is 0. The van der Waals surface area contributed by atoms with Crippen molar-refractivity contribution in [1.29, 1.82) is 0 Å². The van der Waals surface area contributed by atoms with Crippen LogP contribution in [0.15, 0.2) is 18.2 Å². The number of methoxy groups -OCH3 is 1. The Balaban J connectivity index is 2.81. The number of halogens is 2. The Morgan fingerprint density at radius 2 is 2.08 bits per heavy atom. The second-order valence-electron chi connectivity index (χ2n) is 2.36. The summed E-state index contributed by atoms with van der Waals surface area (Å²) in [5.41, 5.74) is 1.04. The van der Waals surface area contributed by atoms with Crippen molar-refractivity contribution in [2.45, 2.75) is 0 Å². The molecular weight excluding hydrogens is 390 g/mol. The lowest BCUT2D eigenvalue weighted by molar-refractivity contribution is 0.240. The van der Waals surface area contributed by atoms with Crippen LogP contribution in [0, 0.1) is 19.0 Å². The van der Waals surface area contributed by atoms with Gasteiger partial charge in [-0.25, -0.2) is 0 Å². The van der Waals surface area contributed by atoms with Crippen molar-refractivity contribution >= 4 is 45.2 Å². The number of benzene rings is 1. The first-order chi connectivity index (χ1) is 6.24. The van der Waals surface area contributed by atoms with Crippen LogP contribution in [0.3, 0.4) is 0 Å². The Labute approximate surface area is 106 Å². The minimum absolute atomic E-state index is 0.489. The van der Waals surface area contributed by atoms with E-state index in [4.69, 9.17) is 4.74 Å². The number of hydrogen-bond acceptors (Lipinski definition) is 1. The van der Waals surface area contributed by atoms with Crippen molar-refractivity contribution in [3.63, 3.8) is 0 Å². The zero-order valence-corrected chi connectivity index (χ0v) is 11.4. The molecule has 3 heteroatoms. The van der Waals surface area contributed by atoms with Crippen LogP contribution in [-0.4, -0.2) is 13.7 Å². The molecule has 0 heterocycles. The fraction of sp³-hybridized carbons (Fsp3) is 0.200. The van der Waals surface area contributed by atoms with E-state index in [2.05, 4.69) is 69.2 Å². The van der Waals surface area contributed by atoms with Gasteiger partial charge in [-0.05, 0) is 63.4 Å². The zero-order valence-electron chi connectivity index (χ0n) is 7.10. The van der Waals surface area contributed by atoms with Gasteiger partial charge in [0.1, 0.15) is 6.61 Å². The molecule has 1 rings (SSSR count). The minimum Gasteiger partial charge on any atom is -0.372 e. The first-order valence-electron chi connectivity index (χ1n) is 3.67. The fourth-order valence-corrected chi connectivity index (χ4v) is 1.63. The van der Waals surface area contributed by atoms with Crippen molar-refractivity contribution in [3.05, 3.63) is 30.9 Å². The topological polar surface area (TPSA) is 9.23 Å². The lowest BCUT2D eigenvalue weighted by Gasteiger charge is -1.95. The highest BCUT2D eigenvalue weighted by molar-refractivity contribution is 14.1. The van der Waals surface area contributed by atoms with E-state index in [1.807, 2.05) is 6.07 Å². The Bertz CT molecular complexity index is 350. The third kappa shape index (κ3) is 3.83. The molecular formula is C10H8I2O. The van der Waals surface area contributed by atoms with E-state index in [-0.39, 0.29) is 0 Å². The van der Waals surface area contributed by atoms with Gasteiger partial charge in [0, 0.05) is 19.8 Å². The molecule has 68 valence electrons. The van der Waals surface area contributed by atoms with E-state index in [0.717, 1.165) is 5.56 Å². The smallest absolute Gasteiger partial charge is 0.107 e. The van der Waals surface area contributed by atoms with Gasteiger partial charge in [-0.3, -0.25) is 0 Å². The summed E-state index contributed by atoms with van der Waals surface area (Å²) in [6.45, 7) is 0.489. The average Bonchev–Trinajstić information content (AvgIpc) is 2.12. The summed E-state index contributed by atoms with van der Waals surface area (Å²) in [5.74, 6) is 5.95. The molecule has 0 saturated carbocycles. The summed E-state index contributed by atoms with van der Waals surface area (Å²) < 4.78 is 7.34. The molecule has 0 unspecified atom stereocenters. The molecule has 0 aliphatic carbocycles. The molecule has 0 spiro atoms. The first-order valence-corrected chi connectivity index (χ1v) is 5.82. The van der Waals surface area contributed by atoms with Crippen LogP contribution in [0.4, 0.5) is 0 Å². The number of rotatable bonds is 1. The van der Waals surface area contributed by atoms with Gasteiger partial charge in [0.2, 0.25) is 0 Å². The first kappa shape index (κ1) is 11.3. The monoisotopic (exact) mass is 398 g/mol. The molecule has 0 amide bonds. The molecule has 0 atom stereocenters. The van der Waals surface area contributed by atoms with E-state index in [1.54, 1.807) is 7.11 Å². The van der Waals surface area contributed by atoms with Crippen LogP contribution in [0.1, 0.15) is 5.56 Å². The van der Waals surface area contributed by atoms with Crippen molar-refractivity contribution in [3.8, 4) is 11.8 Å². The van der Waals surface area contributed by atoms with Gasteiger partial charge in [0.05, 0.1) is 0 Å². The highest BCUT2D eigenvalue weighted by Crippen LogP contribution is 2.15. The molecule has 0 aromatic heterocycles. The summed E-state index contributed by atoms with van der Waals surface area (Å²) >= 11 is 4.61. The largest absolute Gasteiger partial charge is 0.372 e. The quantitative estimate of drug-likeness (QED) is 0.523. The van der Waals surface area contributed by atoms with Crippen molar-refractivity contribution in [2.75, 3.05) is 13.7 Å². The van der Waals surface area contributed by atoms with Crippen LogP contribution < -0.4 is 0 Å². The third-order valence-electron chi connectivity index (χ3n) is 1.37. The second kappa shape index (κ2) is 5.83. The van der Waals surface area contributed by atoms with Gasteiger partial charge >= 0.3 is 0 Å². The van der Waals surface area contributed by atoms with Gasteiger partial charge < -0.3 is 4.74 Å². The lowest BCUT2D eigenvalue weighted by Crippen LogP contribution is -1.84. The van der Waals surface area contributed by atoms with Gasteiger partial charge in [-0.15, -0.1) is 0 Å². The molecule has 0 radical (unpaired) electrons. The molecule has 1 nitrogen and oxygen atoms in total. The lowest BCUT2D eigenvalue weighted by atomic mass is 10.2. The van der Waals surface area contributed by atoms with Crippen molar-refractivity contribution in [2.24, 2.45) is 0 Å². The predicted octanol–water partition coefficient (Wildman–Crippen LogP) is 2.89. The van der Waals surface area contributed by atoms with Crippen molar-refractivity contribution < 1.29 is 4.74 Å². The van der Waals surface area contributed by atoms with E-state index in [1.165, 1.54) is 7.14 Å². The maximum atomic E-state index is 4.84. The van der Waals surface area contributed by atoms with E-state index in [9.17, 15) is 0 Å². The average molecular weight is 398 g/mol. The Hall–Kier alpha value is 0.200. The van der Waals surface area contributed by atoms with Crippen LogP contribution >= 0.6 is 45.2 Å². The maximum absolute atomic E-state index is 4.84. The summed E-state index contributed by atoms with van der Waals surface area (Å²) in [7, 11) is 1.65. The summed E-state index contributed by atoms with van der Waals surface area (Å²) in [6.07, 6.45) is 0. The highest BCUT2D eigenvalue weighted by Gasteiger charge is 1.94. The molecule has 0 N–H and O–H groups in total. The summed E-state index contributed by atoms with van der Waals surface area (Å²) in [4.78, 5) is 0. The highest BCUT2D eigenvalue weighted by atomic mass is 127. The van der Waals surface area contributed by atoms with Gasteiger partial charge in [-0.1, -0.05) is 11.8 Å². The van der Waals surface area contributed by atoms with E-state index < -0.39 is 0 Å². The van der Waals surface area contributed by atoms with Crippen LogP contribution in [-0.2, 0) is 4.74 Å². The van der Waals surface area contributed by atoms with Crippen LogP contribution in [0.25, 0.3) is 0 Å². The van der Waals surface area contributed by atoms with Gasteiger partial charge in [0.25, 0.3) is 0 Å². The standard InChI is InChI=1S/C10H8I2O/c1-13-6-2-3-8-4-5-9(11)10(12)7-8/h4-5,7H,6H2,1H3. The molecule has 0 saturated heterocycles. The molecule has 0 aliphatic rings. The van der Waals surface area contributed by atoms with Crippen LogP contribution in [0.2, 0.25) is 0 Å². The number of ether oxygens (including phenoxy) is 1. The molecule has 1 aromatic rings. The van der Waals surface area contributed by atoms with Crippen molar-refractivity contribution in [1.82, 2.24) is 0 Å². The predicted molar refractivity (Wildman–Crippen MR) is 70.6 cm³/mol. The van der Waals surface area contributed by atoms with Crippen LogP contribution in [0.5, 0.6) is 0 Å². The molecule has 0 fully saturated rings. The van der Waals surface area contributed by atoms with E-state index in [0.29, 0.717) is 6.61 Å². The Morgan fingerprint density at radius 1 is 1.31 bits per heavy atom. The van der Waals surface area contributed by atoms with E-state index >= 15 is 0 Å². The fourth-order valence-electron chi connectivity index (χ4n) is 0.784. The SMILES string of the molecule is COCC#Cc1ccc(I)c(I)c1. The van der Waals surface area contributed by atoms with Gasteiger partial charge in [0.15, 0.2) is 0 Å². The third-order valence-corrected chi connectivity index (χ3v) is 4.23. The normalized spacial score (nSPS) is 9.15. The molecule has 13 heavy (non-hydrogen) atoms. The minimum atomic E-state index is 0.489. The zero-order chi connectivity index (χ0) is 9.68. The molecule has 0 bridgehead atoms.